The van der Waals surface area contributed by atoms with Crippen LogP contribution in [-0.4, -0.2) is 123 Å². The monoisotopic (exact) mass is 1350 g/mol. The zero-order chi connectivity index (χ0) is 65.7. The first-order chi connectivity index (χ1) is 39.3. The van der Waals surface area contributed by atoms with Crippen LogP contribution in [0.15, 0.2) is 135 Å². The smallest absolute Gasteiger partial charge is 0.331 e. The first-order valence-electron chi connectivity index (χ1n) is 22.6. The third-order valence-electron chi connectivity index (χ3n) is 8.59. The first-order valence-corrected chi connectivity index (χ1v) is 35.2. The molecule has 0 aliphatic rings. The van der Waals surface area contributed by atoms with E-state index in [1.807, 2.05) is 6.92 Å². The van der Waals surface area contributed by atoms with E-state index < -0.39 is 93.5 Å². The molecule has 0 spiro atoms. The number of aromatic nitrogens is 8. The van der Waals surface area contributed by atoms with Crippen molar-refractivity contribution < 1.29 is 120 Å². The number of hydrogen-bond acceptors (Lipinski definition) is 20. The van der Waals surface area contributed by atoms with E-state index in [9.17, 15) is 56.6 Å². The van der Waals surface area contributed by atoms with Crippen LogP contribution in [-0.2, 0) is 75.1 Å². The van der Waals surface area contributed by atoms with E-state index in [0.717, 1.165) is 36.3 Å². The summed E-state index contributed by atoms with van der Waals surface area (Å²) >= 11 is 0. The van der Waals surface area contributed by atoms with Crippen molar-refractivity contribution >= 4 is 64.5 Å². The number of hydrogen-bond donors (Lipinski definition) is 15. The molecular formula is C42H54FN10O26P7. The SMILES string of the molecule is Cc1ccc(CP(=O)(O)O)nc1.O=P(O)(O)Cc1ccc(F)cn1.O=P(O)(O)Cc1ccc(O)cn1.O=P(O)(O)Cc1ccncn1.O=P(O)(O)Cc1cnccn1.O=[N+]([O-])c1ccc(CP(=O)(O)O)cc1.O=[N+]([O-])c1ccc(CP(=O)(O)O)nc1. The van der Waals surface area contributed by atoms with Crippen LogP contribution in [0.3, 0.4) is 0 Å². The number of aromatic hydroxyl groups is 1. The van der Waals surface area contributed by atoms with Crippen LogP contribution in [0.1, 0.15) is 45.3 Å². The van der Waals surface area contributed by atoms with Crippen molar-refractivity contribution in [2.75, 3.05) is 0 Å². The fourth-order valence-corrected chi connectivity index (χ4v) is 9.59. The van der Waals surface area contributed by atoms with Gasteiger partial charge in [0, 0.05) is 49.2 Å². The highest BCUT2D eigenvalue weighted by Crippen LogP contribution is 2.42. The number of nitro groups is 2. The minimum Gasteiger partial charge on any atom is -0.506 e. The normalized spacial score (nSPS) is 11.4. The largest absolute Gasteiger partial charge is 0.506 e. The molecule has 6 aromatic heterocycles. The molecule has 36 nitrogen and oxygen atoms in total. The molecule has 15 N–H and O–H groups in total. The Hall–Kier alpha value is -6.44. The quantitative estimate of drug-likeness (QED) is 0.0355. The van der Waals surface area contributed by atoms with Crippen molar-refractivity contribution in [2.45, 2.75) is 50.1 Å². The molecule has 470 valence electrons. The second kappa shape index (κ2) is 36.0. The van der Waals surface area contributed by atoms with Crippen LogP contribution in [0.25, 0.3) is 0 Å². The van der Waals surface area contributed by atoms with Crippen LogP contribution >= 0.6 is 53.2 Å². The van der Waals surface area contributed by atoms with Crippen molar-refractivity contribution in [1.82, 2.24) is 39.9 Å². The molecule has 0 fully saturated rings. The van der Waals surface area contributed by atoms with Gasteiger partial charge >= 0.3 is 53.2 Å². The Bertz CT molecular complexity index is 3250. The van der Waals surface area contributed by atoms with Crippen LogP contribution < -0.4 is 0 Å². The molecule has 0 amide bonds. The third kappa shape index (κ3) is 43.2. The van der Waals surface area contributed by atoms with Crippen molar-refractivity contribution in [3.63, 3.8) is 0 Å². The van der Waals surface area contributed by atoms with E-state index in [1.54, 1.807) is 18.3 Å². The van der Waals surface area contributed by atoms with E-state index in [0.29, 0.717) is 22.6 Å². The van der Waals surface area contributed by atoms with Gasteiger partial charge in [0.05, 0.1) is 99.5 Å². The number of rotatable bonds is 16. The van der Waals surface area contributed by atoms with Gasteiger partial charge in [-0.3, -0.25) is 82.1 Å². The molecule has 0 unspecified atom stereocenters. The number of halogens is 1. The van der Waals surface area contributed by atoms with Crippen LogP contribution in [0.2, 0.25) is 0 Å². The first kappa shape index (κ1) is 77.6. The molecule has 0 atom stereocenters. The molecule has 86 heavy (non-hydrogen) atoms. The summed E-state index contributed by atoms with van der Waals surface area (Å²) in [5.41, 5.74) is 2.71. The highest BCUT2D eigenvalue weighted by Gasteiger charge is 2.19. The topological polar surface area (TPSA) is 612 Å². The lowest BCUT2D eigenvalue weighted by Crippen LogP contribution is -1.93. The van der Waals surface area contributed by atoms with Gasteiger partial charge in [-0.2, -0.15) is 0 Å². The van der Waals surface area contributed by atoms with Gasteiger partial charge < -0.3 is 73.6 Å². The van der Waals surface area contributed by atoms with Crippen LogP contribution in [0.5, 0.6) is 5.75 Å². The minimum absolute atomic E-state index is 0.0236. The second-order valence-electron chi connectivity index (χ2n) is 16.6. The summed E-state index contributed by atoms with van der Waals surface area (Å²) in [7, 11) is -28.3. The molecule has 7 rings (SSSR count). The summed E-state index contributed by atoms with van der Waals surface area (Å²) in [6, 6.07) is 17.4. The Labute approximate surface area is 484 Å². The highest BCUT2D eigenvalue weighted by molar-refractivity contribution is 7.52. The fourth-order valence-electron chi connectivity index (χ4n) is 5.27. The number of nitrogens with zero attached hydrogens (tertiary/aromatic N) is 10. The van der Waals surface area contributed by atoms with E-state index in [-0.39, 0.29) is 52.7 Å². The van der Waals surface area contributed by atoms with Crippen molar-refractivity contribution in [3.8, 4) is 5.75 Å². The average Bonchev–Trinajstić information content (AvgIpc) is 3.41. The summed E-state index contributed by atoms with van der Waals surface area (Å²) in [5, 5.41) is 29.3. The van der Waals surface area contributed by atoms with E-state index in [2.05, 4.69) is 39.9 Å². The van der Waals surface area contributed by atoms with Gasteiger partial charge in [-0.1, -0.05) is 18.2 Å². The molecule has 7 aromatic rings. The van der Waals surface area contributed by atoms with Crippen molar-refractivity contribution in [3.05, 3.63) is 206 Å². The van der Waals surface area contributed by atoms with Gasteiger partial charge in [0.15, 0.2) is 0 Å². The maximum Gasteiger partial charge on any atom is 0.331 e. The van der Waals surface area contributed by atoms with Crippen molar-refractivity contribution in [2.24, 2.45) is 0 Å². The van der Waals surface area contributed by atoms with Crippen LogP contribution in [0.4, 0.5) is 15.8 Å². The van der Waals surface area contributed by atoms with E-state index in [1.165, 1.54) is 85.7 Å². The molecule has 1 aromatic carbocycles. The molecule has 44 heteroatoms. The summed E-state index contributed by atoms with van der Waals surface area (Å²) in [6.07, 6.45) is 8.78. The average molecular weight is 1350 g/mol. The molecule has 0 bridgehead atoms. The molecule has 0 radical (unpaired) electrons. The maximum atomic E-state index is 12.3. The Kier molecular flexibility index (Phi) is 32.5. The second-order valence-corrected chi connectivity index (χ2v) is 28.2. The molecule has 0 aliphatic carbocycles. The fraction of sp³-hybridized carbons (Fsp3) is 0.190. The maximum absolute atomic E-state index is 12.3. The predicted octanol–water partition coefficient (Wildman–Crippen LogP) is 4.68. The minimum atomic E-state index is -4.16. The lowest BCUT2D eigenvalue weighted by molar-refractivity contribution is -0.385. The summed E-state index contributed by atoms with van der Waals surface area (Å²) in [6.45, 7) is 1.87. The highest BCUT2D eigenvalue weighted by atomic mass is 31.2. The lowest BCUT2D eigenvalue weighted by Gasteiger charge is -2.02. The molecule has 0 saturated heterocycles. The van der Waals surface area contributed by atoms with Gasteiger partial charge in [0.1, 0.15) is 24.1 Å². The van der Waals surface area contributed by atoms with Crippen molar-refractivity contribution in [1.29, 1.82) is 0 Å². The molecule has 0 saturated carbocycles. The third-order valence-corrected chi connectivity index (χ3v) is 13.8. The molecule has 6 heterocycles. The Morgan fingerprint density at radius 1 is 0.384 bits per heavy atom. The number of nitro benzene ring substituents is 1. The number of benzene rings is 1. The van der Waals surface area contributed by atoms with E-state index >= 15 is 0 Å². The number of pyridine rings is 4. The van der Waals surface area contributed by atoms with Gasteiger partial charge in [0.25, 0.3) is 11.4 Å². The summed E-state index contributed by atoms with van der Waals surface area (Å²) in [5.74, 6) is -0.547. The zero-order valence-electron chi connectivity index (χ0n) is 43.8. The van der Waals surface area contributed by atoms with Gasteiger partial charge in [-0.05, 0) is 60.5 Å². The summed E-state index contributed by atoms with van der Waals surface area (Å²) in [4.78, 5) is 168. The van der Waals surface area contributed by atoms with Gasteiger partial charge in [0.2, 0.25) is 0 Å². The lowest BCUT2D eigenvalue weighted by atomic mass is 10.2. The van der Waals surface area contributed by atoms with Crippen LogP contribution in [0, 0.1) is 33.0 Å². The predicted molar refractivity (Wildman–Crippen MR) is 297 cm³/mol. The summed E-state index contributed by atoms with van der Waals surface area (Å²) < 4.78 is 85.7. The number of non-ortho nitro benzene ring substituents is 1. The zero-order valence-corrected chi connectivity index (χ0v) is 50.1. The Morgan fingerprint density at radius 3 is 1.09 bits per heavy atom. The van der Waals surface area contributed by atoms with Gasteiger partial charge in [-0.25, -0.2) is 14.4 Å². The Balaban J connectivity index is 0.000000503. The number of aryl methyl sites for hydroxylation is 1. The van der Waals surface area contributed by atoms with Gasteiger partial charge in [-0.15, -0.1) is 0 Å². The van der Waals surface area contributed by atoms with E-state index in [4.69, 9.17) is 73.6 Å². The molecule has 0 aliphatic heterocycles. The molecular weight excluding hydrogens is 1300 g/mol. The standard InChI is InChI=1S/C7H8NO5P.C7H10NO3P.C6H7FNO3P.C6H7N2O5P.C6H8NO4P.2C5H7N2O3P/c9-8(10)7-3-1-6(2-4-7)5-14(11,12)13;1-6-2-3-7(8-4-6)5-12(9,10)11;7-5-1-2-6(8-3-5)4-12(9,10)11;9-8(10)6-2-1-5(7-3-6)4-14(11,12)13;8-6-2-1-5(7-3-6)4-12(9,10)11;8-11(9,10)4-5-3-6-1-2-7-5;8-11(9,10)3-5-1-2-6-4-7-5/h1-4H,5H2,(H2,11,12,13);2-4H,5H2,1H3,(H2,9,10,11);1-3H,4H2,(H2,9,10,11);1-3H,4H2,(H2,11,12,13);1-3,8H,4H2,(H2,9,10,11);1-3H,4H2,(H2,8,9,10);1-2,4H,3H2,(H2,8,9,10). The Morgan fingerprint density at radius 2 is 0.767 bits per heavy atom.